The number of nitrogens with zero attached hydrogens (tertiary/aromatic N) is 1. The van der Waals surface area contributed by atoms with Crippen LogP contribution in [0.1, 0.15) is 46.5 Å². The second kappa shape index (κ2) is 5.13. The Balaban J connectivity index is 2.36. The average molecular weight is 261 g/mol. The third-order valence-corrected chi connectivity index (χ3v) is 3.39. The van der Waals surface area contributed by atoms with Crippen molar-refractivity contribution in [1.82, 2.24) is 4.90 Å². The summed E-state index contributed by atoms with van der Waals surface area (Å²) < 4.78 is 0. The van der Waals surface area contributed by atoms with Crippen molar-refractivity contribution >= 4 is 11.8 Å². The lowest BCUT2D eigenvalue weighted by Gasteiger charge is -2.25. The summed E-state index contributed by atoms with van der Waals surface area (Å²) in [5.41, 5.74) is 1.84. The molecule has 0 spiro atoms. The Kier molecular flexibility index (Phi) is 3.71. The minimum Gasteiger partial charge on any atom is -0.394 e. The molecule has 1 atom stereocenters. The van der Waals surface area contributed by atoms with E-state index in [0.717, 1.165) is 5.56 Å². The fraction of sp³-hybridized carbons (Fsp3) is 0.467. The highest BCUT2D eigenvalue weighted by atomic mass is 16.3. The molecule has 1 aliphatic heterocycles. The van der Waals surface area contributed by atoms with E-state index in [1.165, 1.54) is 4.90 Å². The second-order valence-corrected chi connectivity index (χ2v) is 5.50. The Labute approximate surface area is 113 Å². The van der Waals surface area contributed by atoms with E-state index in [0.29, 0.717) is 23.5 Å². The molecule has 19 heavy (non-hydrogen) atoms. The van der Waals surface area contributed by atoms with Crippen LogP contribution in [0.25, 0.3) is 0 Å². The van der Waals surface area contributed by atoms with Gasteiger partial charge in [-0.25, -0.2) is 0 Å². The van der Waals surface area contributed by atoms with Crippen LogP contribution in [0.2, 0.25) is 0 Å². The molecular formula is C15H19NO3. The highest BCUT2D eigenvalue weighted by Gasteiger charge is 2.39. The van der Waals surface area contributed by atoms with Gasteiger partial charge in [0.25, 0.3) is 11.8 Å². The van der Waals surface area contributed by atoms with Gasteiger partial charge in [0.1, 0.15) is 0 Å². The number of aryl methyl sites for hydroxylation is 1. The monoisotopic (exact) mass is 261 g/mol. The van der Waals surface area contributed by atoms with Crippen molar-refractivity contribution in [1.29, 1.82) is 0 Å². The predicted molar refractivity (Wildman–Crippen MR) is 72.0 cm³/mol. The fourth-order valence-corrected chi connectivity index (χ4v) is 2.51. The van der Waals surface area contributed by atoms with E-state index < -0.39 is 6.04 Å². The number of amides is 2. The maximum Gasteiger partial charge on any atom is 0.261 e. The second-order valence-electron chi connectivity index (χ2n) is 5.50. The maximum atomic E-state index is 12.3. The minimum absolute atomic E-state index is 0.192. The first kappa shape index (κ1) is 13.7. The van der Waals surface area contributed by atoms with Crippen LogP contribution < -0.4 is 0 Å². The Morgan fingerprint density at radius 1 is 1.16 bits per heavy atom. The summed E-state index contributed by atoms with van der Waals surface area (Å²) in [5, 5.41) is 9.46. The van der Waals surface area contributed by atoms with Crippen LogP contribution in [0.4, 0.5) is 0 Å². The van der Waals surface area contributed by atoms with Gasteiger partial charge in [-0.15, -0.1) is 0 Å². The van der Waals surface area contributed by atoms with Crippen molar-refractivity contribution in [2.24, 2.45) is 5.92 Å². The Morgan fingerprint density at radius 3 is 2.37 bits per heavy atom. The van der Waals surface area contributed by atoms with Gasteiger partial charge < -0.3 is 5.11 Å². The lowest BCUT2D eigenvalue weighted by molar-refractivity contribution is 0.0490. The normalized spacial score (nSPS) is 16.2. The van der Waals surface area contributed by atoms with Gasteiger partial charge in [0.15, 0.2) is 0 Å². The smallest absolute Gasteiger partial charge is 0.261 e. The van der Waals surface area contributed by atoms with Crippen molar-refractivity contribution in [3.05, 3.63) is 34.9 Å². The predicted octanol–water partition coefficient (Wildman–Crippen LogP) is 2.00. The number of fused-ring (bicyclic) bond motifs is 1. The highest BCUT2D eigenvalue weighted by Crippen LogP contribution is 2.27. The van der Waals surface area contributed by atoms with Crippen molar-refractivity contribution in [3.8, 4) is 0 Å². The molecule has 0 saturated heterocycles. The van der Waals surface area contributed by atoms with Gasteiger partial charge >= 0.3 is 0 Å². The molecule has 2 amide bonds. The number of aliphatic hydroxyl groups excluding tert-OH is 1. The van der Waals surface area contributed by atoms with Gasteiger partial charge in [-0.05, 0) is 31.4 Å². The lowest BCUT2D eigenvalue weighted by atomic mass is 10.0. The highest BCUT2D eigenvalue weighted by molar-refractivity contribution is 6.21. The average Bonchev–Trinajstić information content (AvgIpc) is 2.59. The largest absolute Gasteiger partial charge is 0.394 e. The van der Waals surface area contributed by atoms with Gasteiger partial charge in [0.2, 0.25) is 0 Å². The number of imide groups is 1. The van der Waals surface area contributed by atoms with Crippen LogP contribution in [-0.2, 0) is 0 Å². The van der Waals surface area contributed by atoms with Crippen LogP contribution >= 0.6 is 0 Å². The van der Waals surface area contributed by atoms with E-state index in [2.05, 4.69) is 0 Å². The van der Waals surface area contributed by atoms with Crippen LogP contribution in [0, 0.1) is 12.8 Å². The number of carbonyl (C=O) groups is 2. The molecule has 0 saturated carbocycles. The zero-order chi connectivity index (χ0) is 14.2. The summed E-state index contributed by atoms with van der Waals surface area (Å²) in [4.78, 5) is 25.8. The van der Waals surface area contributed by atoms with Crippen molar-refractivity contribution in [2.45, 2.75) is 33.2 Å². The van der Waals surface area contributed by atoms with Gasteiger partial charge in [-0.2, -0.15) is 0 Å². The number of hydrogen-bond acceptors (Lipinski definition) is 3. The summed E-state index contributed by atoms with van der Waals surface area (Å²) in [6, 6.07) is 4.81. The SMILES string of the molecule is Cc1ccc2c(c1)C(=O)N(C(CO)CC(C)C)C2=O. The molecule has 1 aliphatic rings. The van der Waals surface area contributed by atoms with Crippen molar-refractivity contribution in [3.63, 3.8) is 0 Å². The third-order valence-electron chi connectivity index (χ3n) is 3.39. The van der Waals surface area contributed by atoms with E-state index in [1.807, 2.05) is 26.8 Å². The Hall–Kier alpha value is -1.68. The van der Waals surface area contributed by atoms with E-state index >= 15 is 0 Å². The first-order valence-electron chi connectivity index (χ1n) is 6.55. The molecule has 1 aromatic carbocycles. The van der Waals surface area contributed by atoms with Crippen molar-refractivity contribution < 1.29 is 14.7 Å². The van der Waals surface area contributed by atoms with Crippen LogP contribution in [0.3, 0.4) is 0 Å². The zero-order valence-corrected chi connectivity index (χ0v) is 11.5. The molecule has 0 fully saturated rings. The third kappa shape index (κ3) is 2.40. The molecule has 4 nitrogen and oxygen atoms in total. The van der Waals surface area contributed by atoms with E-state index in [-0.39, 0.29) is 18.4 Å². The molecule has 2 rings (SSSR count). The molecule has 1 aromatic rings. The summed E-state index contributed by atoms with van der Waals surface area (Å²) in [7, 11) is 0. The van der Waals surface area contributed by atoms with E-state index in [4.69, 9.17) is 0 Å². The van der Waals surface area contributed by atoms with Gasteiger partial charge in [0.05, 0.1) is 23.8 Å². The summed E-state index contributed by atoms with van der Waals surface area (Å²) in [6.45, 7) is 5.71. The first-order valence-corrected chi connectivity index (χ1v) is 6.55. The number of carbonyl (C=O) groups excluding carboxylic acids is 2. The van der Waals surface area contributed by atoms with Gasteiger partial charge in [-0.3, -0.25) is 14.5 Å². The zero-order valence-electron chi connectivity index (χ0n) is 11.5. The van der Waals surface area contributed by atoms with Gasteiger partial charge in [0, 0.05) is 0 Å². The van der Waals surface area contributed by atoms with Crippen molar-refractivity contribution in [2.75, 3.05) is 6.61 Å². The molecule has 1 heterocycles. The molecule has 0 bridgehead atoms. The van der Waals surface area contributed by atoms with Crippen LogP contribution in [-0.4, -0.2) is 34.5 Å². The Bertz CT molecular complexity index is 522. The number of benzene rings is 1. The topological polar surface area (TPSA) is 57.6 Å². The number of rotatable bonds is 4. The standard InChI is InChI=1S/C15H19NO3/c1-9(2)6-11(8-17)16-14(18)12-5-4-10(3)7-13(12)15(16)19/h4-5,7,9,11,17H,6,8H2,1-3H3. The van der Waals surface area contributed by atoms with Gasteiger partial charge in [-0.1, -0.05) is 25.5 Å². The first-order chi connectivity index (χ1) is 8.95. The minimum atomic E-state index is -0.437. The molecule has 0 aromatic heterocycles. The maximum absolute atomic E-state index is 12.3. The van der Waals surface area contributed by atoms with Crippen LogP contribution in [0.15, 0.2) is 18.2 Å². The molecular weight excluding hydrogens is 242 g/mol. The summed E-state index contributed by atoms with van der Waals surface area (Å²) in [6.07, 6.45) is 0.612. The molecule has 0 radical (unpaired) electrons. The summed E-state index contributed by atoms with van der Waals surface area (Å²) in [5.74, 6) is -0.272. The molecule has 102 valence electrons. The number of hydrogen-bond donors (Lipinski definition) is 1. The summed E-state index contributed by atoms with van der Waals surface area (Å²) >= 11 is 0. The van der Waals surface area contributed by atoms with E-state index in [1.54, 1.807) is 12.1 Å². The quantitative estimate of drug-likeness (QED) is 0.843. The molecule has 4 heteroatoms. The van der Waals surface area contributed by atoms with E-state index in [9.17, 15) is 14.7 Å². The molecule has 1 N–H and O–H groups in total. The van der Waals surface area contributed by atoms with Crippen LogP contribution in [0.5, 0.6) is 0 Å². The molecule has 1 unspecified atom stereocenters. The molecule has 0 aliphatic carbocycles. The lowest BCUT2D eigenvalue weighted by Crippen LogP contribution is -2.42. The number of aliphatic hydroxyl groups is 1. The fourth-order valence-electron chi connectivity index (χ4n) is 2.51. The Morgan fingerprint density at radius 2 is 1.79 bits per heavy atom.